The first-order valence-corrected chi connectivity index (χ1v) is 7.73. The number of aliphatic hydroxyl groups excluding tert-OH is 1. The van der Waals surface area contributed by atoms with Crippen LogP contribution in [0.2, 0.25) is 0 Å². The van der Waals surface area contributed by atoms with E-state index in [4.69, 9.17) is 0 Å². The maximum absolute atomic E-state index is 13.4. The maximum Gasteiger partial charge on any atom is 0.123 e. The largest absolute Gasteiger partial charge is 0.389 e. The number of aliphatic hydroxyl groups is 1. The predicted molar refractivity (Wildman–Crippen MR) is 79.2 cm³/mol. The van der Waals surface area contributed by atoms with Gasteiger partial charge in [0.15, 0.2) is 0 Å². The van der Waals surface area contributed by atoms with Crippen molar-refractivity contribution >= 4 is 5.69 Å². The molecule has 2 aliphatic rings. The van der Waals surface area contributed by atoms with Gasteiger partial charge in [0.2, 0.25) is 0 Å². The molecule has 20 heavy (non-hydrogen) atoms. The highest BCUT2D eigenvalue weighted by molar-refractivity contribution is 5.54. The lowest BCUT2D eigenvalue weighted by molar-refractivity contribution is 0.199. The van der Waals surface area contributed by atoms with Gasteiger partial charge in [-0.3, -0.25) is 0 Å². The normalized spacial score (nSPS) is 29.7. The molecule has 2 aliphatic carbocycles. The Balaban J connectivity index is 1.75. The fourth-order valence-electron chi connectivity index (χ4n) is 4.26. The van der Waals surface area contributed by atoms with Crippen molar-refractivity contribution in [1.29, 1.82) is 0 Å². The second-order valence-corrected chi connectivity index (χ2v) is 6.69. The third-order valence-corrected chi connectivity index (χ3v) is 5.24. The molecule has 3 unspecified atom stereocenters. The minimum atomic E-state index is -0.636. The molecule has 0 saturated heterocycles. The summed E-state index contributed by atoms with van der Waals surface area (Å²) < 4.78 is 13.4. The van der Waals surface area contributed by atoms with Crippen molar-refractivity contribution < 1.29 is 9.50 Å². The van der Waals surface area contributed by atoms with Gasteiger partial charge in [-0.2, -0.15) is 0 Å². The Morgan fingerprint density at radius 2 is 2.15 bits per heavy atom. The summed E-state index contributed by atoms with van der Waals surface area (Å²) in [6, 6.07) is 4.74. The minimum absolute atomic E-state index is 0.280. The lowest BCUT2D eigenvalue weighted by atomic mass is 9.88. The van der Waals surface area contributed by atoms with Gasteiger partial charge in [0.05, 0.1) is 6.10 Å². The molecule has 2 nitrogen and oxygen atoms in total. The lowest BCUT2D eigenvalue weighted by Crippen LogP contribution is -2.29. The van der Waals surface area contributed by atoms with Gasteiger partial charge >= 0.3 is 0 Å². The van der Waals surface area contributed by atoms with Gasteiger partial charge < -0.3 is 10.0 Å². The standard InChI is InChI=1S/C17H24FNO/c1-11(20)16-9-15(18)5-6-17(16)19(2)10-14-8-12-3-4-13(14)7-12/h5-6,9,11-14,20H,3-4,7-8,10H2,1-2H3/t11-,12?,13?,14?/m1/s1. The summed E-state index contributed by atoms with van der Waals surface area (Å²) in [5, 5.41) is 9.85. The molecule has 4 atom stereocenters. The molecule has 0 heterocycles. The lowest BCUT2D eigenvalue weighted by Gasteiger charge is -2.30. The summed E-state index contributed by atoms with van der Waals surface area (Å²) >= 11 is 0. The SMILES string of the molecule is C[C@@H](O)c1cc(F)ccc1N(C)CC1CC2CCC1C2. The van der Waals surface area contributed by atoms with Crippen molar-refractivity contribution in [2.24, 2.45) is 17.8 Å². The van der Waals surface area contributed by atoms with Gasteiger partial charge in [-0.1, -0.05) is 6.42 Å². The van der Waals surface area contributed by atoms with Crippen LogP contribution in [0.5, 0.6) is 0 Å². The number of hydrogen-bond acceptors (Lipinski definition) is 2. The van der Waals surface area contributed by atoms with Crippen molar-refractivity contribution in [3.05, 3.63) is 29.6 Å². The highest BCUT2D eigenvalue weighted by Crippen LogP contribution is 2.48. The Morgan fingerprint density at radius 1 is 1.35 bits per heavy atom. The number of nitrogens with zero attached hydrogens (tertiary/aromatic N) is 1. The van der Waals surface area contributed by atoms with E-state index in [0.717, 1.165) is 30.0 Å². The van der Waals surface area contributed by atoms with E-state index in [-0.39, 0.29) is 5.82 Å². The average molecular weight is 277 g/mol. The average Bonchev–Trinajstić information content (AvgIpc) is 3.00. The van der Waals surface area contributed by atoms with E-state index in [0.29, 0.717) is 5.56 Å². The van der Waals surface area contributed by atoms with Gasteiger partial charge in [-0.05, 0) is 62.1 Å². The summed E-state index contributed by atoms with van der Waals surface area (Å²) in [5.74, 6) is 2.32. The summed E-state index contributed by atoms with van der Waals surface area (Å²) in [6.45, 7) is 2.72. The molecule has 1 N–H and O–H groups in total. The van der Waals surface area contributed by atoms with Crippen molar-refractivity contribution in [2.75, 3.05) is 18.5 Å². The van der Waals surface area contributed by atoms with Gasteiger partial charge in [0.25, 0.3) is 0 Å². The molecule has 0 radical (unpaired) electrons. The van der Waals surface area contributed by atoms with Gasteiger partial charge in [0, 0.05) is 24.8 Å². The first-order valence-electron chi connectivity index (χ1n) is 7.73. The van der Waals surface area contributed by atoms with Crippen molar-refractivity contribution in [3.63, 3.8) is 0 Å². The van der Waals surface area contributed by atoms with E-state index < -0.39 is 6.10 Å². The molecular weight excluding hydrogens is 253 g/mol. The smallest absolute Gasteiger partial charge is 0.123 e. The number of anilines is 1. The van der Waals surface area contributed by atoms with Crippen LogP contribution in [0, 0.1) is 23.6 Å². The van der Waals surface area contributed by atoms with E-state index in [1.165, 1.54) is 37.8 Å². The molecule has 1 aromatic carbocycles. The highest BCUT2D eigenvalue weighted by atomic mass is 19.1. The zero-order valence-corrected chi connectivity index (χ0v) is 12.3. The highest BCUT2D eigenvalue weighted by Gasteiger charge is 2.39. The summed E-state index contributed by atoms with van der Waals surface area (Å²) in [5.41, 5.74) is 1.65. The fourth-order valence-corrected chi connectivity index (χ4v) is 4.26. The Bertz CT molecular complexity index is 488. The number of halogens is 1. The summed E-state index contributed by atoms with van der Waals surface area (Å²) in [6.07, 6.45) is 4.92. The van der Waals surface area contributed by atoms with E-state index in [1.807, 2.05) is 0 Å². The monoisotopic (exact) mass is 277 g/mol. The number of hydrogen-bond donors (Lipinski definition) is 1. The van der Waals surface area contributed by atoms with Crippen molar-refractivity contribution in [3.8, 4) is 0 Å². The molecule has 2 fully saturated rings. The van der Waals surface area contributed by atoms with E-state index in [1.54, 1.807) is 13.0 Å². The Labute approximate surface area is 120 Å². The van der Waals surface area contributed by atoms with Crippen LogP contribution >= 0.6 is 0 Å². The number of rotatable bonds is 4. The van der Waals surface area contributed by atoms with E-state index >= 15 is 0 Å². The molecular formula is C17H24FNO. The predicted octanol–water partition coefficient (Wildman–Crippen LogP) is 3.75. The van der Waals surface area contributed by atoms with Gasteiger partial charge in [-0.25, -0.2) is 4.39 Å². The first kappa shape index (κ1) is 13.9. The van der Waals surface area contributed by atoms with Crippen LogP contribution in [0.25, 0.3) is 0 Å². The van der Waals surface area contributed by atoms with Crippen molar-refractivity contribution in [2.45, 2.75) is 38.7 Å². The fraction of sp³-hybridized carbons (Fsp3) is 0.647. The van der Waals surface area contributed by atoms with Crippen molar-refractivity contribution in [1.82, 2.24) is 0 Å². The molecule has 0 aliphatic heterocycles. The number of benzene rings is 1. The molecule has 2 bridgehead atoms. The number of fused-ring (bicyclic) bond motifs is 2. The minimum Gasteiger partial charge on any atom is -0.389 e. The second kappa shape index (κ2) is 5.36. The van der Waals surface area contributed by atoms with Crippen LogP contribution in [0.1, 0.15) is 44.3 Å². The molecule has 0 spiro atoms. The molecule has 110 valence electrons. The van der Waals surface area contributed by atoms with E-state index in [9.17, 15) is 9.50 Å². The Kier molecular flexibility index (Phi) is 3.72. The molecule has 3 heteroatoms. The first-order chi connectivity index (χ1) is 9.54. The van der Waals surface area contributed by atoms with Crippen LogP contribution in [0.15, 0.2) is 18.2 Å². The summed E-state index contributed by atoms with van der Waals surface area (Å²) in [7, 11) is 2.06. The van der Waals surface area contributed by atoms with Crippen LogP contribution < -0.4 is 4.90 Å². The topological polar surface area (TPSA) is 23.5 Å². The molecule has 1 aromatic rings. The Morgan fingerprint density at radius 3 is 2.75 bits per heavy atom. The second-order valence-electron chi connectivity index (χ2n) is 6.69. The third-order valence-electron chi connectivity index (χ3n) is 5.24. The molecule has 0 amide bonds. The Hall–Kier alpha value is -1.09. The zero-order valence-electron chi connectivity index (χ0n) is 12.3. The third kappa shape index (κ3) is 2.56. The summed E-state index contributed by atoms with van der Waals surface area (Å²) in [4.78, 5) is 2.20. The quantitative estimate of drug-likeness (QED) is 0.906. The van der Waals surface area contributed by atoms with Crippen LogP contribution in [0.3, 0.4) is 0 Å². The molecule has 2 saturated carbocycles. The van der Waals surface area contributed by atoms with Crippen LogP contribution in [0.4, 0.5) is 10.1 Å². The van der Waals surface area contributed by atoms with Crippen LogP contribution in [-0.2, 0) is 0 Å². The molecule has 3 rings (SSSR count). The van der Waals surface area contributed by atoms with E-state index in [2.05, 4.69) is 11.9 Å². The zero-order chi connectivity index (χ0) is 14.3. The van der Waals surface area contributed by atoms with Crippen LogP contribution in [-0.4, -0.2) is 18.7 Å². The van der Waals surface area contributed by atoms with Gasteiger partial charge in [-0.15, -0.1) is 0 Å². The maximum atomic E-state index is 13.4. The van der Waals surface area contributed by atoms with Gasteiger partial charge in [0.1, 0.15) is 5.82 Å². The molecule has 0 aromatic heterocycles.